The molecule has 9 heteroatoms. The molecule has 1 fully saturated rings. The van der Waals surface area contributed by atoms with E-state index in [0.717, 1.165) is 34.9 Å². The molecule has 1 saturated heterocycles. The van der Waals surface area contributed by atoms with Crippen LogP contribution in [0.25, 0.3) is 10.8 Å². The Bertz CT molecular complexity index is 1480. The van der Waals surface area contributed by atoms with Gasteiger partial charge in [-0.3, -0.25) is 14.6 Å². The maximum absolute atomic E-state index is 12.4. The molecule has 3 N–H and O–H groups in total. The predicted octanol–water partition coefficient (Wildman–Crippen LogP) is 3.45. The molecule has 0 amide bonds. The summed E-state index contributed by atoms with van der Waals surface area (Å²) in [5, 5.41) is 17.9. The van der Waals surface area contributed by atoms with E-state index >= 15 is 0 Å². The molecule has 9 nitrogen and oxygen atoms in total. The van der Waals surface area contributed by atoms with E-state index in [4.69, 9.17) is 0 Å². The first-order chi connectivity index (χ1) is 17.3. The minimum Gasteiger partial charge on any atom is -0.480 e. The molecule has 2 aromatic heterocycles. The number of hydrogen-bond acceptors (Lipinski definition) is 8. The summed E-state index contributed by atoms with van der Waals surface area (Å²) in [7, 11) is 0. The summed E-state index contributed by atoms with van der Waals surface area (Å²) in [6.07, 6.45) is 7.20. The third-order valence-corrected chi connectivity index (χ3v) is 6.93. The van der Waals surface area contributed by atoms with Gasteiger partial charge in [-0.1, -0.05) is 12.1 Å². The molecule has 5 rings (SSSR count). The molecule has 2 aromatic carbocycles. The highest BCUT2D eigenvalue weighted by molar-refractivity contribution is 5.92. The van der Waals surface area contributed by atoms with E-state index in [9.17, 15) is 19.5 Å². The molecule has 3 atom stereocenters. The van der Waals surface area contributed by atoms with Crippen molar-refractivity contribution in [1.82, 2.24) is 9.97 Å². The Balaban J connectivity index is 1.32. The fraction of sp³-hybridized carbons (Fsp3) is 0.296. The van der Waals surface area contributed by atoms with Crippen LogP contribution in [0.2, 0.25) is 0 Å². The van der Waals surface area contributed by atoms with E-state index in [1.165, 1.54) is 0 Å². The van der Waals surface area contributed by atoms with Gasteiger partial charge < -0.3 is 20.6 Å². The van der Waals surface area contributed by atoms with Crippen molar-refractivity contribution in [3.8, 4) is 0 Å². The Morgan fingerprint density at radius 3 is 2.47 bits per heavy atom. The van der Waals surface area contributed by atoms with E-state index in [1.807, 2.05) is 55.1 Å². The number of pyridine rings is 2. The normalized spacial score (nSPS) is 18.4. The van der Waals surface area contributed by atoms with Crippen LogP contribution in [0.5, 0.6) is 0 Å². The average molecular weight is 486 g/mol. The Kier molecular flexibility index (Phi) is 6.13. The van der Waals surface area contributed by atoms with Gasteiger partial charge in [0.2, 0.25) is 0 Å². The molecule has 2 unspecified atom stereocenters. The second kappa shape index (κ2) is 9.41. The van der Waals surface area contributed by atoms with E-state index in [0.29, 0.717) is 11.5 Å². The number of benzene rings is 1. The second-order valence-electron chi connectivity index (χ2n) is 9.38. The van der Waals surface area contributed by atoms with Crippen molar-refractivity contribution in [1.29, 1.82) is 0 Å². The van der Waals surface area contributed by atoms with Crippen molar-refractivity contribution in [2.24, 2.45) is 0 Å². The summed E-state index contributed by atoms with van der Waals surface area (Å²) in [4.78, 5) is 47.3. The maximum atomic E-state index is 12.4. The number of aromatic nitrogens is 2. The first kappa shape index (κ1) is 23.5. The Labute approximate surface area is 207 Å². The molecule has 0 aliphatic carbocycles. The molecule has 1 aliphatic heterocycles. The Morgan fingerprint density at radius 1 is 1.06 bits per heavy atom. The van der Waals surface area contributed by atoms with E-state index in [1.54, 1.807) is 18.6 Å². The van der Waals surface area contributed by atoms with Crippen LogP contribution in [0, 0.1) is 0 Å². The van der Waals surface area contributed by atoms with E-state index in [2.05, 4.69) is 20.6 Å². The van der Waals surface area contributed by atoms with Crippen LogP contribution in [0.15, 0.2) is 64.6 Å². The lowest BCUT2D eigenvalue weighted by atomic mass is 10.0. The molecule has 36 heavy (non-hydrogen) atoms. The summed E-state index contributed by atoms with van der Waals surface area (Å²) < 4.78 is 0. The molecule has 0 saturated carbocycles. The standard InChI is InChI=1S/C27H27N5O4/c1-15-3-4-16(2)32(15)23-22(24(33)25(23)34)31-21(27(35)36)13-17-5-7-19(8-6-17)30-26-20-10-11-28-14-18(20)9-12-29-26/h5-12,14-16,21,31H,3-4,13H2,1-2H3,(H,29,30)(H,35,36)/t15?,16?,21-/m0/s1. The van der Waals surface area contributed by atoms with Crippen LogP contribution in [0.3, 0.4) is 0 Å². The third-order valence-electron chi connectivity index (χ3n) is 6.93. The SMILES string of the molecule is CC1CCC(C)N1c1c(N[C@@H](Cc2ccc(Nc3nccc4cnccc34)cc2)C(=O)O)c(=O)c1=O. The number of nitrogens with one attached hydrogen (secondary N) is 2. The number of nitrogens with zero attached hydrogens (tertiary/aromatic N) is 3. The van der Waals surface area contributed by atoms with Crippen LogP contribution in [-0.2, 0) is 11.2 Å². The largest absolute Gasteiger partial charge is 0.480 e. The highest BCUT2D eigenvalue weighted by atomic mass is 16.4. The number of carboxylic acid groups (broad SMARTS) is 1. The minimum absolute atomic E-state index is 0.114. The van der Waals surface area contributed by atoms with E-state index < -0.39 is 22.9 Å². The number of aliphatic carboxylic acids is 1. The molecule has 0 spiro atoms. The van der Waals surface area contributed by atoms with Crippen LogP contribution >= 0.6 is 0 Å². The van der Waals surface area contributed by atoms with Crippen molar-refractivity contribution in [2.45, 2.75) is 51.2 Å². The molecule has 0 radical (unpaired) electrons. The molecular weight excluding hydrogens is 458 g/mol. The van der Waals surface area contributed by atoms with Crippen LogP contribution in [-0.4, -0.2) is 39.2 Å². The smallest absolute Gasteiger partial charge is 0.326 e. The lowest BCUT2D eigenvalue weighted by molar-refractivity contribution is -0.137. The van der Waals surface area contributed by atoms with Gasteiger partial charge in [-0.25, -0.2) is 9.78 Å². The summed E-state index contributed by atoms with van der Waals surface area (Å²) in [5.41, 5.74) is 0.815. The molecule has 0 bridgehead atoms. The van der Waals surface area contributed by atoms with Gasteiger partial charge in [0.05, 0.1) is 0 Å². The minimum atomic E-state index is -1.09. The molecule has 3 heterocycles. The van der Waals surface area contributed by atoms with Crippen LogP contribution in [0.1, 0.15) is 32.3 Å². The summed E-state index contributed by atoms with van der Waals surface area (Å²) in [5.74, 6) is -0.391. The molecular formula is C27H27N5O4. The maximum Gasteiger partial charge on any atom is 0.326 e. The zero-order valence-corrected chi connectivity index (χ0v) is 20.1. The van der Waals surface area contributed by atoms with E-state index in [-0.39, 0.29) is 24.2 Å². The fourth-order valence-electron chi connectivity index (χ4n) is 4.98. The predicted molar refractivity (Wildman–Crippen MR) is 140 cm³/mol. The van der Waals surface area contributed by atoms with Gasteiger partial charge >= 0.3 is 5.97 Å². The van der Waals surface area contributed by atoms with Gasteiger partial charge in [0.1, 0.15) is 23.2 Å². The number of fused-ring (bicyclic) bond motifs is 1. The lowest BCUT2D eigenvalue weighted by Gasteiger charge is -2.32. The number of carbonyl (C=O) groups is 1. The highest BCUT2D eigenvalue weighted by Gasteiger charge is 2.36. The Morgan fingerprint density at radius 2 is 1.78 bits per heavy atom. The van der Waals surface area contributed by atoms with Crippen molar-refractivity contribution in [3.05, 3.63) is 81.0 Å². The molecule has 184 valence electrons. The van der Waals surface area contributed by atoms with Crippen molar-refractivity contribution in [3.63, 3.8) is 0 Å². The van der Waals surface area contributed by atoms with Crippen molar-refractivity contribution in [2.75, 3.05) is 15.5 Å². The summed E-state index contributed by atoms with van der Waals surface area (Å²) >= 11 is 0. The fourth-order valence-corrected chi connectivity index (χ4v) is 4.98. The zero-order chi connectivity index (χ0) is 25.4. The molecule has 4 aromatic rings. The molecule has 1 aliphatic rings. The second-order valence-corrected chi connectivity index (χ2v) is 9.38. The van der Waals surface area contributed by atoms with Gasteiger partial charge in [0.25, 0.3) is 10.9 Å². The van der Waals surface area contributed by atoms with Gasteiger partial charge in [0.15, 0.2) is 0 Å². The average Bonchev–Trinajstić information content (AvgIpc) is 3.21. The summed E-state index contributed by atoms with van der Waals surface area (Å²) in [6.45, 7) is 4.03. The number of rotatable bonds is 8. The van der Waals surface area contributed by atoms with Gasteiger partial charge in [-0.2, -0.15) is 0 Å². The summed E-state index contributed by atoms with van der Waals surface area (Å²) in [6, 6.07) is 10.4. The van der Waals surface area contributed by atoms with Gasteiger partial charge in [0, 0.05) is 53.6 Å². The first-order valence-electron chi connectivity index (χ1n) is 12.0. The van der Waals surface area contributed by atoms with Crippen molar-refractivity contribution < 1.29 is 9.90 Å². The topological polar surface area (TPSA) is 125 Å². The number of hydrogen-bond donors (Lipinski definition) is 3. The zero-order valence-electron chi connectivity index (χ0n) is 20.1. The van der Waals surface area contributed by atoms with Crippen LogP contribution < -0.4 is 26.4 Å². The van der Waals surface area contributed by atoms with Gasteiger partial charge in [-0.05, 0) is 56.5 Å². The van der Waals surface area contributed by atoms with Crippen LogP contribution in [0.4, 0.5) is 22.9 Å². The van der Waals surface area contributed by atoms with Crippen molar-refractivity contribution >= 4 is 39.6 Å². The monoisotopic (exact) mass is 485 g/mol. The quantitative estimate of drug-likeness (QED) is 0.322. The third kappa shape index (κ3) is 4.28. The first-order valence-corrected chi connectivity index (χ1v) is 12.0. The number of anilines is 4. The Hall–Kier alpha value is -4.27. The number of carboxylic acids is 1. The highest BCUT2D eigenvalue weighted by Crippen LogP contribution is 2.33. The van der Waals surface area contributed by atoms with Gasteiger partial charge in [-0.15, -0.1) is 0 Å². The lowest BCUT2D eigenvalue weighted by Crippen LogP contribution is -2.48.